The second-order valence-electron chi connectivity index (χ2n) is 3.99. The summed E-state index contributed by atoms with van der Waals surface area (Å²) in [5.41, 5.74) is 1.86. The topological polar surface area (TPSA) is 21.3 Å². The van der Waals surface area contributed by atoms with Crippen LogP contribution in [0.5, 0.6) is 5.75 Å². The third-order valence-corrected chi connectivity index (χ3v) is 3.55. The minimum Gasteiger partial charge on any atom is -0.435 e. The first kappa shape index (κ1) is 15.1. The van der Waals surface area contributed by atoms with Crippen molar-refractivity contribution in [1.29, 1.82) is 0 Å². The summed E-state index contributed by atoms with van der Waals surface area (Å²) in [5, 5.41) is 3.85. The molecule has 0 saturated heterocycles. The predicted octanol–water partition coefficient (Wildman–Crippen LogP) is 5.32. The van der Waals surface area contributed by atoms with Gasteiger partial charge in [-0.05, 0) is 42.0 Å². The molecule has 2 nitrogen and oxygen atoms in total. The zero-order chi connectivity index (χ0) is 14.5. The average Bonchev–Trinajstić information content (AvgIpc) is 2.39. The lowest BCUT2D eigenvalue weighted by molar-refractivity contribution is -0.0498. The van der Waals surface area contributed by atoms with Crippen LogP contribution in [0.25, 0.3) is 0 Å². The Labute approximate surface area is 128 Å². The zero-order valence-electron chi connectivity index (χ0n) is 10.2. The van der Waals surface area contributed by atoms with Crippen molar-refractivity contribution in [3.8, 4) is 5.75 Å². The van der Waals surface area contributed by atoms with Crippen LogP contribution in [0, 0.1) is 0 Å². The summed E-state index contributed by atoms with van der Waals surface area (Å²) in [6.45, 7) is -2.22. The van der Waals surface area contributed by atoms with E-state index in [0.29, 0.717) is 11.6 Å². The average molecular weight is 363 g/mol. The maximum Gasteiger partial charge on any atom is 0.387 e. The monoisotopic (exact) mass is 361 g/mol. The fraction of sp³-hybridized carbons (Fsp3) is 0.143. The van der Waals surface area contributed by atoms with Crippen LogP contribution in [0.1, 0.15) is 5.56 Å². The Balaban J connectivity index is 1.96. The van der Waals surface area contributed by atoms with E-state index in [2.05, 4.69) is 26.0 Å². The highest BCUT2D eigenvalue weighted by Crippen LogP contribution is 2.23. The molecular weight excluding hydrogens is 352 g/mol. The summed E-state index contributed by atoms with van der Waals surface area (Å²) in [6, 6.07) is 11.9. The van der Waals surface area contributed by atoms with E-state index < -0.39 is 6.61 Å². The molecule has 0 amide bonds. The summed E-state index contributed by atoms with van der Waals surface area (Å²) in [5.74, 6) is 0.137. The van der Waals surface area contributed by atoms with Gasteiger partial charge in [0.25, 0.3) is 0 Å². The maximum atomic E-state index is 12.0. The number of alkyl halides is 2. The van der Waals surface area contributed by atoms with E-state index in [1.54, 1.807) is 12.1 Å². The fourth-order valence-corrected chi connectivity index (χ4v) is 2.44. The molecule has 0 aliphatic rings. The molecule has 0 spiro atoms. The molecule has 20 heavy (non-hydrogen) atoms. The molecule has 106 valence electrons. The number of halogens is 4. The van der Waals surface area contributed by atoms with E-state index >= 15 is 0 Å². The van der Waals surface area contributed by atoms with E-state index in [1.165, 1.54) is 12.1 Å². The van der Waals surface area contributed by atoms with Gasteiger partial charge >= 0.3 is 6.61 Å². The van der Waals surface area contributed by atoms with E-state index in [0.717, 1.165) is 15.7 Å². The van der Waals surface area contributed by atoms with Crippen molar-refractivity contribution >= 4 is 33.2 Å². The highest BCUT2D eigenvalue weighted by Gasteiger charge is 2.04. The molecule has 2 rings (SSSR count). The van der Waals surface area contributed by atoms with E-state index in [1.807, 2.05) is 18.2 Å². The summed E-state index contributed by atoms with van der Waals surface area (Å²) >= 11 is 9.30. The number of ether oxygens (including phenoxy) is 1. The summed E-state index contributed by atoms with van der Waals surface area (Å²) in [6.07, 6.45) is 0. The van der Waals surface area contributed by atoms with Gasteiger partial charge in [-0.25, -0.2) is 0 Å². The first-order valence-corrected chi connectivity index (χ1v) is 6.94. The van der Waals surface area contributed by atoms with Gasteiger partial charge < -0.3 is 10.1 Å². The van der Waals surface area contributed by atoms with Gasteiger partial charge in [-0.1, -0.05) is 33.6 Å². The fourth-order valence-electron chi connectivity index (χ4n) is 1.62. The second kappa shape index (κ2) is 6.90. The molecule has 0 heterocycles. The lowest BCUT2D eigenvalue weighted by atomic mass is 10.2. The minimum atomic E-state index is -2.81. The van der Waals surface area contributed by atoms with Crippen molar-refractivity contribution in [2.75, 3.05) is 5.32 Å². The van der Waals surface area contributed by atoms with Gasteiger partial charge in [0.15, 0.2) is 0 Å². The zero-order valence-corrected chi connectivity index (χ0v) is 12.6. The molecule has 0 unspecified atom stereocenters. The van der Waals surface area contributed by atoms with E-state index in [9.17, 15) is 8.78 Å². The molecular formula is C14H11BrClF2NO. The molecule has 0 fully saturated rings. The van der Waals surface area contributed by atoms with Gasteiger partial charge in [0.05, 0.1) is 0 Å². The molecule has 0 aromatic heterocycles. The molecule has 6 heteroatoms. The van der Waals surface area contributed by atoms with Gasteiger partial charge in [-0.2, -0.15) is 8.78 Å². The SMILES string of the molecule is FC(F)Oc1ccc(NCc2ccc(Cl)cc2Br)cc1. The van der Waals surface area contributed by atoms with Crippen LogP contribution in [0.3, 0.4) is 0 Å². The highest BCUT2D eigenvalue weighted by molar-refractivity contribution is 9.10. The molecule has 0 saturated carbocycles. The van der Waals surface area contributed by atoms with Crippen LogP contribution in [-0.2, 0) is 6.54 Å². The van der Waals surface area contributed by atoms with E-state index in [4.69, 9.17) is 11.6 Å². The quantitative estimate of drug-likeness (QED) is 0.777. The molecule has 2 aromatic rings. The maximum absolute atomic E-state index is 12.0. The number of hydrogen-bond acceptors (Lipinski definition) is 2. The van der Waals surface area contributed by atoms with Gasteiger partial charge in [-0.3, -0.25) is 0 Å². The number of nitrogens with one attached hydrogen (secondary N) is 1. The third-order valence-electron chi connectivity index (χ3n) is 2.58. The largest absolute Gasteiger partial charge is 0.435 e. The van der Waals surface area contributed by atoms with Crippen molar-refractivity contribution in [3.63, 3.8) is 0 Å². The standard InChI is InChI=1S/C14H11BrClF2NO/c15-13-7-10(16)2-1-9(13)8-19-11-3-5-12(6-4-11)20-14(17)18/h1-7,14,19H,8H2. The lowest BCUT2D eigenvalue weighted by Crippen LogP contribution is -2.03. The van der Waals surface area contributed by atoms with Crippen molar-refractivity contribution in [2.24, 2.45) is 0 Å². The Morgan fingerprint density at radius 2 is 1.85 bits per heavy atom. The minimum absolute atomic E-state index is 0.137. The summed E-state index contributed by atoms with van der Waals surface area (Å²) in [4.78, 5) is 0. The smallest absolute Gasteiger partial charge is 0.387 e. The van der Waals surface area contributed by atoms with Gasteiger partial charge in [-0.15, -0.1) is 0 Å². The molecule has 1 N–H and O–H groups in total. The van der Waals surface area contributed by atoms with Gasteiger partial charge in [0.1, 0.15) is 5.75 Å². The van der Waals surface area contributed by atoms with Crippen molar-refractivity contribution in [3.05, 3.63) is 57.5 Å². The Morgan fingerprint density at radius 1 is 1.15 bits per heavy atom. The number of rotatable bonds is 5. The Bertz CT molecular complexity index is 578. The molecule has 0 atom stereocenters. The molecule has 0 bridgehead atoms. The number of hydrogen-bond donors (Lipinski definition) is 1. The Kier molecular flexibility index (Phi) is 5.20. The first-order valence-electron chi connectivity index (χ1n) is 5.77. The molecule has 0 aliphatic heterocycles. The summed E-state index contributed by atoms with van der Waals surface area (Å²) < 4.78 is 29.2. The Hall–Kier alpha value is -1.33. The third kappa shape index (κ3) is 4.35. The van der Waals surface area contributed by atoms with Crippen molar-refractivity contribution < 1.29 is 13.5 Å². The van der Waals surface area contributed by atoms with Crippen LogP contribution >= 0.6 is 27.5 Å². The van der Waals surface area contributed by atoms with Crippen molar-refractivity contribution in [1.82, 2.24) is 0 Å². The lowest BCUT2D eigenvalue weighted by Gasteiger charge is -2.10. The van der Waals surface area contributed by atoms with Crippen LogP contribution < -0.4 is 10.1 Å². The normalized spacial score (nSPS) is 10.7. The van der Waals surface area contributed by atoms with Crippen LogP contribution in [0.4, 0.5) is 14.5 Å². The molecule has 0 radical (unpaired) electrons. The van der Waals surface area contributed by atoms with Gasteiger partial charge in [0.2, 0.25) is 0 Å². The van der Waals surface area contributed by atoms with Crippen LogP contribution in [0.2, 0.25) is 5.02 Å². The molecule has 2 aromatic carbocycles. The van der Waals surface area contributed by atoms with Crippen LogP contribution in [-0.4, -0.2) is 6.61 Å². The van der Waals surface area contributed by atoms with E-state index in [-0.39, 0.29) is 5.75 Å². The van der Waals surface area contributed by atoms with Crippen molar-refractivity contribution in [2.45, 2.75) is 13.2 Å². The predicted molar refractivity (Wildman–Crippen MR) is 79.6 cm³/mol. The molecule has 0 aliphatic carbocycles. The number of anilines is 1. The van der Waals surface area contributed by atoms with Gasteiger partial charge in [0, 0.05) is 21.7 Å². The van der Waals surface area contributed by atoms with Crippen LogP contribution in [0.15, 0.2) is 46.9 Å². The number of benzene rings is 2. The second-order valence-corrected chi connectivity index (χ2v) is 5.28. The summed E-state index contributed by atoms with van der Waals surface area (Å²) in [7, 11) is 0. The Morgan fingerprint density at radius 3 is 2.45 bits per heavy atom. The first-order chi connectivity index (χ1) is 9.54. The highest BCUT2D eigenvalue weighted by atomic mass is 79.9.